The first-order valence-corrected chi connectivity index (χ1v) is 6.12. The normalized spacial score (nSPS) is 10.8. The number of anilines is 1. The zero-order valence-corrected chi connectivity index (χ0v) is 10.9. The van der Waals surface area contributed by atoms with E-state index in [0.717, 1.165) is 29.9 Å². The van der Waals surface area contributed by atoms with Crippen molar-refractivity contribution in [3.05, 3.63) is 30.9 Å². The molecule has 0 fully saturated rings. The summed E-state index contributed by atoms with van der Waals surface area (Å²) in [5, 5.41) is 4.16. The average Bonchev–Trinajstić information content (AvgIpc) is 2.88. The third kappa shape index (κ3) is 2.16. The van der Waals surface area contributed by atoms with Crippen LogP contribution in [0.15, 0.2) is 25.0 Å². The molecular formula is C13H19N5. The molecule has 2 aromatic heterocycles. The molecule has 2 heterocycles. The highest BCUT2D eigenvalue weighted by Crippen LogP contribution is 2.26. The van der Waals surface area contributed by atoms with E-state index in [0.29, 0.717) is 12.4 Å². The second-order valence-electron chi connectivity index (χ2n) is 4.31. The van der Waals surface area contributed by atoms with E-state index in [-0.39, 0.29) is 0 Å². The first-order chi connectivity index (χ1) is 8.67. The Labute approximate surface area is 107 Å². The van der Waals surface area contributed by atoms with Gasteiger partial charge in [0.15, 0.2) is 0 Å². The average molecular weight is 245 g/mol. The van der Waals surface area contributed by atoms with Crippen LogP contribution < -0.4 is 5.73 Å². The lowest BCUT2D eigenvalue weighted by Crippen LogP contribution is -2.05. The van der Waals surface area contributed by atoms with Gasteiger partial charge in [-0.25, -0.2) is 4.98 Å². The number of hydrogen-bond acceptors (Lipinski definition) is 3. The van der Waals surface area contributed by atoms with E-state index in [1.54, 1.807) is 10.9 Å². The minimum atomic E-state index is 0.686. The van der Waals surface area contributed by atoms with Crippen LogP contribution >= 0.6 is 0 Å². The summed E-state index contributed by atoms with van der Waals surface area (Å²) in [4.78, 5) is 4.64. The highest BCUT2D eigenvalue weighted by atomic mass is 15.2. The van der Waals surface area contributed by atoms with Crippen LogP contribution in [0, 0.1) is 0 Å². The van der Waals surface area contributed by atoms with Crippen LogP contribution in [-0.2, 0) is 20.0 Å². The molecule has 2 rings (SSSR count). The van der Waals surface area contributed by atoms with Crippen molar-refractivity contribution in [1.29, 1.82) is 0 Å². The lowest BCUT2D eigenvalue weighted by atomic mass is 10.2. The van der Waals surface area contributed by atoms with E-state index < -0.39 is 0 Å². The molecule has 0 aliphatic heterocycles. The molecule has 0 atom stereocenters. The zero-order valence-electron chi connectivity index (χ0n) is 10.9. The number of rotatable bonds is 5. The van der Waals surface area contributed by atoms with E-state index in [2.05, 4.69) is 23.6 Å². The van der Waals surface area contributed by atoms with Gasteiger partial charge in [0.1, 0.15) is 17.3 Å². The molecule has 0 radical (unpaired) electrons. The van der Waals surface area contributed by atoms with Crippen LogP contribution in [0.25, 0.3) is 11.3 Å². The van der Waals surface area contributed by atoms with Crippen LogP contribution in [0.4, 0.5) is 5.82 Å². The standard InChI is InChI=1S/C13H19N5/c1-4-6-11-16-12(10-8-15-17(3)9-10)13(14)18(11)7-5-2/h5,8-9H,2,4,6-7,14H2,1,3H3. The second kappa shape index (κ2) is 5.08. The zero-order chi connectivity index (χ0) is 13.1. The minimum Gasteiger partial charge on any atom is -0.383 e. The van der Waals surface area contributed by atoms with Gasteiger partial charge in [-0.05, 0) is 6.42 Å². The lowest BCUT2D eigenvalue weighted by molar-refractivity contribution is 0.724. The number of nitrogens with two attached hydrogens (primary N) is 1. The van der Waals surface area contributed by atoms with Crippen molar-refractivity contribution in [2.24, 2.45) is 7.05 Å². The molecule has 5 nitrogen and oxygen atoms in total. The molecule has 5 heteroatoms. The quantitative estimate of drug-likeness (QED) is 0.820. The number of aromatic nitrogens is 4. The van der Waals surface area contributed by atoms with E-state index >= 15 is 0 Å². The van der Waals surface area contributed by atoms with E-state index in [1.165, 1.54) is 0 Å². The number of hydrogen-bond donors (Lipinski definition) is 1. The van der Waals surface area contributed by atoms with Gasteiger partial charge in [0.2, 0.25) is 0 Å². The van der Waals surface area contributed by atoms with E-state index in [1.807, 2.05) is 23.9 Å². The highest BCUT2D eigenvalue weighted by Gasteiger charge is 2.15. The molecule has 96 valence electrons. The Morgan fingerprint density at radius 3 is 2.83 bits per heavy atom. The van der Waals surface area contributed by atoms with E-state index in [9.17, 15) is 0 Å². The molecule has 0 saturated carbocycles. The minimum absolute atomic E-state index is 0.686. The molecule has 0 bridgehead atoms. The summed E-state index contributed by atoms with van der Waals surface area (Å²) >= 11 is 0. The summed E-state index contributed by atoms with van der Waals surface area (Å²) in [5.41, 5.74) is 7.94. The number of imidazole rings is 1. The molecular weight excluding hydrogens is 226 g/mol. The van der Waals surface area contributed by atoms with Crippen molar-refractivity contribution < 1.29 is 0 Å². The summed E-state index contributed by atoms with van der Waals surface area (Å²) in [5.74, 6) is 1.69. The van der Waals surface area contributed by atoms with Gasteiger partial charge in [-0.15, -0.1) is 6.58 Å². The third-order valence-electron chi connectivity index (χ3n) is 2.85. The monoisotopic (exact) mass is 245 g/mol. The fourth-order valence-electron chi connectivity index (χ4n) is 2.02. The number of allylic oxidation sites excluding steroid dienone is 1. The molecule has 0 spiro atoms. The molecule has 0 unspecified atom stereocenters. The maximum absolute atomic E-state index is 6.18. The van der Waals surface area contributed by atoms with Gasteiger partial charge in [-0.2, -0.15) is 5.10 Å². The number of nitrogens with zero attached hydrogens (tertiary/aromatic N) is 4. The van der Waals surface area contributed by atoms with Crippen molar-refractivity contribution in [2.45, 2.75) is 26.3 Å². The van der Waals surface area contributed by atoms with Crippen LogP contribution in [0.5, 0.6) is 0 Å². The van der Waals surface area contributed by atoms with Gasteiger partial charge in [0, 0.05) is 31.8 Å². The Hall–Kier alpha value is -2.04. The van der Waals surface area contributed by atoms with Crippen LogP contribution in [0.2, 0.25) is 0 Å². The van der Waals surface area contributed by atoms with Crippen molar-refractivity contribution >= 4 is 5.82 Å². The second-order valence-corrected chi connectivity index (χ2v) is 4.31. The Bertz CT molecular complexity index is 550. The maximum atomic E-state index is 6.18. The third-order valence-corrected chi connectivity index (χ3v) is 2.85. The summed E-state index contributed by atoms with van der Waals surface area (Å²) in [6, 6.07) is 0. The first-order valence-electron chi connectivity index (χ1n) is 6.12. The van der Waals surface area contributed by atoms with Gasteiger partial charge in [0.05, 0.1) is 6.20 Å². The van der Waals surface area contributed by atoms with Crippen LogP contribution in [-0.4, -0.2) is 19.3 Å². The highest BCUT2D eigenvalue weighted by molar-refractivity contribution is 5.70. The molecule has 18 heavy (non-hydrogen) atoms. The molecule has 0 aromatic carbocycles. The number of nitrogen functional groups attached to an aromatic ring is 1. The fraction of sp³-hybridized carbons (Fsp3) is 0.385. The molecule has 0 aliphatic rings. The Balaban J connectivity index is 2.48. The summed E-state index contributed by atoms with van der Waals surface area (Å²) in [7, 11) is 1.88. The molecule has 0 aliphatic carbocycles. The molecule has 2 aromatic rings. The Kier molecular flexibility index (Phi) is 3.50. The van der Waals surface area contributed by atoms with Gasteiger partial charge < -0.3 is 10.3 Å². The molecule has 0 saturated heterocycles. The summed E-state index contributed by atoms with van der Waals surface area (Å²) in [6.45, 7) is 6.58. The Morgan fingerprint density at radius 2 is 2.28 bits per heavy atom. The van der Waals surface area contributed by atoms with Gasteiger partial charge in [-0.3, -0.25) is 4.68 Å². The maximum Gasteiger partial charge on any atom is 0.132 e. The van der Waals surface area contributed by atoms with Crippen molar-refractivity contribution in [2.75, 3.05) is 5.73 Å². The molecule has 2 N–H and O–H groups in total. The SMILES string of the molecule is C=CCn1c(CCC)nc(-c2cnn(C)c2)c1N. The van der Waals surface area contributed by atoms with Gasteiger partial charge in [-0.1, -0.05) is 13.0 Å². The number of aryl methyl sites for hydroxylation is 2. The van der Waals surface area contributed by atoms with Crippen molar-refractivity contribution in [3.8, 4) is 11.3 Å². The van der Waals surface area contributed by atoms with Crippen LogP contribution in [0.1, 0.15) is 19.2 Å². The summed E-state index contributed by atoms with van der Waals surface area (Å²) in [6.07, 6.45) is 7.50. The van der Waals surface area contributed by atoms with Crippen molar-refractivity contribution in [1.82, 2.24) is 19.3 Å². The van der Waals surface area contributed by atoms with Gasteiger partial charge >= 0.3 is 0 Å². The van der Waals surface area contributed by atoms with Gasteiger partial charge in [0.25, 0.3) is 0 Å². The topological polar surface area (TPSA) is 61.7 Å². The largest absolute Gasteiger partial charge is 0.383 e. The fourth-order valence-corrected chi connectivity index (χ4v) is 2.02. The predicted molar refractivity (Wildman–Crippen MR) is 73.0 cm³/mol. The van der Waals surface area contributed by atoms with Crippen molar-refractivity contribution in [3.63, 3.8) is 0 Å². The van der Waals surface area contributed by atoms with E-state index in [4.69, 9.17) is 5.73 Å². The summed E-state index contributed by atoms with van der Waals surface area (Å²) < 4.78 is 3.76. The lowest BCUT2D eigenvalue weighted by Gasteiger charge is -2.05. The van der Waals surface area contributed by atoms with Crippen LogP contribution in [0.3, 0.4) is 0 Å². The molecule has 0 amide bonds. The first kappa shape index (κ1) is 12.4. The predicted octanol–water partition coefficient (Wildman–Crippen LogP) is 2.00. The Morgan fingerprint density at radius 1 is 1.50 bits per heavy atom. The smallest absolute Gasteiger partial charge is 0.132 e.